The zero-order valence-corrected chi connectivity index (χ0v) is 19.6. The molecule has 2 aromatic rings. The van der Waals surface area contributed by atoms with Crippen LogP contribution in [0, 0.1) is 5.82 Å². The van der Waals surface area contributed by atoms with Crippen molar-refractivity contribution in [1.82, 2.24) is 10.2 Å². The van der Waals surface area contributed by atoms with E-state index in [4.69, 9.17) is 9.47 Å². The van der Waals surface area contributed by atoms with Crippen molar-refractivity contribution in [3.63, 3.8) is 0 Å². The quantitative estimate of drug-likeness (QED) is 0.555. The number of carbonyl (C=O) groups is 1. The molecule has 1 aliphatic carbocycles. The van der Waals surface area contributed by atoms with E-state index in [-0.39, 0.29) is 5.56 Å². The van der Waals surface area contributed by atoms with E-state index in [1.165, 1.54) is 0 Å². The molecular formula is C26H28F4N2O4. The molecule has 2 atom stereocenters. The Labute approximate surface area is 206 Å². The van der Waals surface area contributed by atoms with Gasteiger partial charge in [0.15, 0.2) is 11.5 Å². The molecule has 2 unspecified atom stereocenters. The molecule has 0 radical (unpaired) electrons. The van der Waals surface area contributed by atoms with Gasteiger partial charge in [-0.15, -0.1) is 0 Å². The van der Waals surface area contributed by atoms with Crippen LogP contribution < -0.4 is 14.8 Å². The highest BCUT2D eigenvalue weighted by Crippen LogP contribution is 2.50. The van der Waals surface area contributed by atoms with Crippen LogP contribution in [0.25, 0.3) is 0 Å². The fourth-order valence-corrected chi connectivity index (χ4v) is 5.07. The molecule has 3 aliphatic rings. The summed E-state index contributed by atoms with van der Waals surface area (Å²) in [6.45, 7) is 2.87. The monoisotopic (exact) mass is 508 g/mol. The average molecular weight is 509 g/mol. The molecule has 2 aromatic carbocycles. The van der Waals surface area contributed by atoms with Gasteiger partial charge in [0.25, 0.3) is 0 Å². The Hall–Kier alpha value is -2.85. The van der Waals surface area contributed by atoms with Crippen LogP contribution in [0.4, 0.5) is 17.6 Å². The molecule has 1 amide bonds. The van der Waals surface area contributed by atoms with Crippen LogP contribution in [0.5, 0.6) is 11.5 Å². The number of aliphatic hydroxyl groups is 1. The number of benzene rings is 2. The van der Waals surface area contributed by atoms with Gasteiger partial charge in [-0.25, -0.2) is 4.39 Å². The summed E-state index contributed by atoms with van der Waals surface area (Å²) in [5.74, 6) is -0.468. The SMILES string of the molecule is O=C(NC(CN1CCCC1)C(O)c1ccc2c(c1)OCCO2)C1(c2ccc(C(F)(F)F)cc2F)CC1. The largest absolute Gasteiger partial charge is 0.486 e. The lowest BCUT2D eigenvalue weighted by molar-refractivity contribution is -0.137. The first-order chi connectivity index (χ1) is 17.2. The number of amides is 1. The maximum absolute atomic E-state index is 14.8. The predicted molar refractivity (Wildman–Crippen MR) is 122 cm³/mol. The number of rotatable bonds is 7. The third-order valence-corrected chi connectivity index (χ3v) is 7.26. The summed E-state index contributed by atoms with van der Waals surface area (Å²) >= 11 is 0. The molecule has 36 heavy (non-hydrogen) atoms. The van der Waals surface area contributed by atoms with Crippen molar-refractivity contribution in [1.29, 1.82) is 0 Å². The van der Waals surface area contributed by atoms with Gasteiger partial charge in [0.1, 0.15) is 25.1 Å². The van der Waals surface area contributed by atoms with E-state index in [2.05, 4.69) is 10.2 Å². The summed E-state index contributed by atoms with van der Waals surface area (Å²) in [5, 5.41) is 14.2. The molecule has 0 spiro atoms. The van der Waals surface area contributed by atoms with Crippen LogP contribution in [0.3, 0.4) is 0 Å². The standard InChI is InChI=1S/C26H28F4N2O4/c27-19-14-17(26(28,29)30)4-5-18(19)25(7-8-25)24(34)31-20(15-32-9-1-2-10-32)23(33)16-3-6-21-22(13-16)36-12-11-35-21/h3-6,13-14,20,23,33H,1-2,7-12,15H2,(H,31,34). The van der Waals surface area contributed by atoms with Crippen molar-refractivity contribution in [2.45, 2.75) is 49.4 Å². The Morgan fingerprint density at radius 2 is 1.75 bits per heavy atom. The smallest absolute Gasteiger partial charge is 0.416 e. The minimum Gasteiger partial charge on any atom is -0.486 e. The topological polar surface area (TPSA) is 71.0 Å². The van der Waals surface area contributed by atoms with Crippen molar-refractivity contribution in [3.05, 3.63) is 58.9 Å². The first-order valence-electron chi connectivity index (χ1n) is 12.2. The van der Waals surface area contributed by atoms with Gasteiger partial charge in [-0.3, -0.25) is 4.79 Å². The summed E-state index contributed by atoms with van der Waals surface area (Å²) < 4.78 is 64.9. The van der Waals surface area contributed by atoms with Gasteiger partial charge in [0, 0.05) is 12.1 Å². The van der Waals surface area contributed by atoms with Crippen LogP contribution >= 0.6 is 0 Å². The van der Waals surface area contributed by atoms with E-state index >= 15 is 0 Å². The molecule has 2 fully saturated rings. The number of fused-ring (bicyclic) bond motifs is 1. The molecule has 5 rings (SSSR count). The van der Waals surface area contributed by atoms with Gasteiger partial charge in [0.05, 0.1) is 17.0 Å². The molecule has 0 aromatic heterocycles. The van der Waals surface area contributed by atoms with Crippen LogP contribution in [-0.2, 0) is 16.4 Å². The Kier molecular flexibility index (Phi) is 6.59. The van der Waals surface area contributed by atoms with E-state index in [0.717, 1.165) is 38.1 Å². The molecule has 6 nitrogen and oxygen atoms in total. The van der Waals surface area contributed by atoms with Gasteiger partial charge in [-0.05, 0) is 68.6 Å². The van der Waals surface area contributed by atoms with Gasteiger partial charge in [-0.1, -0.05) is 12.1 Å². The number of aliphatic hydroxyl groups excluding tert-OH is 1. The van der Waals surface area contributed by atoms with Crippen molar-refractivity contribution < 1.29 is 36.9 Å². The second kappa shape index (κ2) is 9.55. The maximum atomic E-state index is 14.8. The summed E-state index contributed by atoms with van der Waals surface area (Å²) in [6.07, 6.45) is -3.09. The van der Waals surface area contributed by atoms with Crippen LogP contribution in [-0.4, -0.2) is 54.8 Å². The minimum absolute atomic E-state index is 0.0539. The van der Waals surface area contributed by atoms with Crippen LogP contribution in [0.1, 0.15) is 48.5 Å². The average Bonchev–Trinajstić information content (AvgIpc) is 3.50. The van der Waals surface area contributed by atoms with Crippen molar-refractivity contribution in [2.75, 3.05) is 32.8 Å². The van der Waals surface area contributed by atoms with Crippen molar-refractivity contribution in [3.8, 4) is 11.5 Å². The molecule has 194 valence electrons. The van der Waals surface area contributed by atoms with E-state index < -0.39 is 41.0 Å². The number of halogens is 4. The number of nitrogens with zero attached hydrogens (tertiary/aromatic N) is 1. The third-order valence-electron chi connectivity index (χ3n) is 7.26. The zero-order valence-electron chi connectivity index (χ0n) is 19.6. The lowest BCUT2D eigenvalue weighted by atomic mass is 9.92. The van der Waals surface area contributed by atoms with Crippen LogP contribution in [0.15, 0.2) is 36.4 Å². The lowest BCUT2D eigenvalue weighted by Gasteiger charge is -2.31. The lowest BCUT2D eigenvalue weighted by Crippen LogP contribution is -2.50. The number of alkyl halides is 3. The molecule has 10 heteroatoms. The van der Waals surface area contributed by atoms with E-state index in [9.17, 15) is 27.5 Å². The molecule has 2 aliphatic heterocycles. The van der Waals surface area contributed by atoms with Gasteiger partial charge in [0.2, 0.25) is 5.91 Å². The predicted octanol–water partition coefficient (Wildman–Crippen LogP) is 3.96. The third kappa shape index (κ3) is 4.88. The number of likely N-dealkylation sites (tertiary alicyclic amines) is 1. The van der Waals surface area contributed by atoms with Gasteiger partial charge < -0.3 is 24.8 Å². The normalized spacial score (nSPS) is 20.6. The van der Waals surface area contributed by atoms with Crippen molar-refractivity contribution in [2.24, 2.45) is 0 Å². The fourth-order valence-electron chi connectivity index (χ4n) is 5.07. The summed E-state index contributed by atoms with van der Waals surface area (Å²) in [6, 6.07) is 6.69. The second-order valence-corrected chi connectivity index (χ2v) is 9.71. The summed E-state index contributed by atoms with van der Waals surface area (Å²) in [7, 11) is 0. The molecular weight excluding hydrogens is 480 g/mol. The number of nitrogens with one attached hydrogen (secondary N) is 1. The maximum Gasteiger partial charge on any atom is 0.416 e. The number of hydrogen-bond donors (Lipinski definition) is 2. The van der Waals surface area contributed by atoms with Gasteiger partial charge >= 0.3 is 6.18 Å². The van der Waals surface area contributed by atoms with Crippen LogP contribution in [0.2, 0.25) is 0 Å². The van der Waals surface area contributed by atoms with E-state index in [1.54, 1.807) is 18.2 Å². The molecule has 2 N–H and O–H groups in total. The van der Waals surface area contributed by atoms with Crippen molar-refractivity contribution >= 4 is 5.91 Å². The number of hydrogen-bond acceptors (Lipinski definition) is 5. The summed E-state index contributed by atoms with van der Waals surface area (Å²) in [5.41, 5.74) is -1.86. The fraction of sp³-hybridized carbons (Fsp3) is 0.500. The Balaban J connectivity index is 1.38. The first kappa shape index (κ1) is 24.8. The second-order valence-electron chi connectivity index (χ2n) is 9.71. The first-order valence-corrected chi connectivity index (χ1v) is 12.2. The van der Waals surface area contributed by atoms with E-state index in [0.29, 0.717) is 55.7 Å². The Morgan fingerprint density at radius 3 is 2.39 bits per heavy atom. The van der Waals surface area contributed by atoms with Gasteiger partial charge in [-0.2, -0.15) is 13.2 Å². The Bertz CT molecular complexity index is 1130. The Morgan fingerprint density at radius 1 is 1.06 bits per heavy atom. The van der Waals surface area contributed by atoms with E-state index in [1.807, 2.05) is 0 Å². The molecule has 1 saturated heterocycles. The highest BCUT2D eigenvalue weighted by atomic mass is 19.4. The molecule has 1 saturated carbocycles. The number of carbonyl (C=O) groups excluding carboxylic acids is 1. The molecule has 2 heterocycles. The summed E-state index contributed by atoms with van der Waals surface area (Å²) in [4.78, 5) is 15.6. The minimum atomic E-state index is -4.67. The zero-order chi connectivity index (χ0) is 25.5. The number of ether oxygens (including phenoxy) is 2. The molecule has 0 bridgehead atoms. The highest BCUT2D eigenvalue weighted by molar-refractivity contribution is 5.91. The highest BCUT2D eigenvalue weighted by Gasteiger charge is 2.53.